The third kappa shape index (κ3) is 4.73. The summed E-state index contributed by atoms with van der Waals surface area (Å²) in [6.45, 7) is 0. The molecule has 1 aliphatic heterocycles. The molecular weight excluding hydrogens is 278 g/mol. The van der Waals surface area contributed by atoms with Gasteiger partial charge in [-0.25, -0.2) is 0 Å². The molecule has 2 nitrogen and oxygen atoms in total. The molecule has 1 amide bonds. The fourth-order valence-corrected chi connectivity index (χ4v) is 3.82. The van der Waals surface area contributed by atoms with Crippen LogP contribution in [-0.2, 0) is 4.79 Å². The molecule has 0 saturated carbocycles. The fourth-order valence-electron chi connectivity index (χ4n) is 2.36. The summed E-state index contributed by atoms with van der Waals surface area (Å²) in [4.78, 5) is 12.1. The van der Waals surface area contributed by atoms with Gasteiger partial charge in [0, 0.05) is 12.3 Å². The molecule has 0 radical (unpaired) electrons. The predicted octanol–water partition coefficient (Wildman–Crippen LogP) is 3.62. The van der Waals surface area contributed by atoms with Crippen LogP contribution in [0.1, 0.15) is 30.9 Å². The van der Waals surface area contributed by atoms with E-state index in [1.165, 1.54) is 11.5 Å². The van der Waals surface area contributed by atoms with Crippen molar-refractivity contribution in [2.24, 2.45) is 5.92 Å². The average Bonchev–Trinajstić information content (AvgIpc) is 2.47. The van der Waals surface area contributed by atoms with Gasteiger partial charge in [-0.2, -0.15) is 11.8 Å². The van der Waals surface area contributed by atoms with E-state index < -0.39 is 0 Å². The number of rotatable bonds is 5. The van der Waals surface area contributed by atoms with Gasteiger partial charge in [0.05, 0.1) is 6.04 Å². The smallest absolute Gasteiger partial charge is 0.220 e. The van der Waals surface area contributed by atoms with Crippen LogP contribution in [0.25, 0.3) is 0 Å². The molecule has 1 atom stereocenters. The van der Waals surface area contributed by atoms with Crippen LogP contribution in [0.2, 0.25) is 0 Å². The largest absolute Gasteiger partial charge is 0.348 e. The maximum absolute atomic E-state index is 12.1. The molecule has 0 aliphatic carbocycles. The minimum Gasteiger partial charge on any atom is -0.348 e. The van der Waals surface area contributed by atoms with Gasteiger partial charge in [0.15, 0.2) is 0 Å². The lowest BCUT2D eigenvalue weighted by Gasteiger charge is -2.22. The van der Waals surface area contributed by atoms with Crippen molar-refractivity contribution in [2.75, 3.05) is 17.4 Å². The molecule has 0 spiro atoms. The number of carbonyl (C=O) groups is 1. The monoisotopic (exact) mass is 297 g/mol. The van der Waals surface area contributed by atoms with Crippen LogP contribution in [-0.4, -0.2) is 23.3 Å². The third-order valence-corrected chi connectivity index (χ3v) is 4.86. The zero-order valence-electron chi connectivity index (χ0n) is 11.0. The summed E-state index contributed by atoms with van der Waals surface area (Å²) in [5.74, 6) is 3.47. The maximum atomic E-state index is 12.1. The summed E-state index contributed by atoms with van der Waals surface area (Å²) < 4.78 is 0. The Morgan fingerprint density at radius 3 is 2.63 bits per heavy atom. The van der Waals surface area contributed by atoms with Gasteiger partial charge < -0.3 is 5.32 Å². The number of hydrogen-bond acceptors (Lipinski definition) is 2. The third-order valence-electron chi connectivity index (χ3n) is 3.51. The van der Waals surface area contributed by atoms with Crippen LogP contribution >= 0.6 is 23.4 Å². The van der Waals surface area contributed by atoms with Gasteiger partial charge in [0.2, 0.25) is 5.91 Å². The van der Waals surface area contributed by atoms with E-state index in [-0.39, 0.29) is 11.9 Å². The van der Waals surface area contributed by atoms with Crippen molar-refractivity contribution in [3.05, 3.63) is 35.9 Å². The van der Waals surface area contributed by atoms with Crippen molar-refractivity contribution in [1.82, 2.24) is 5.32 Å². The zero-order chi connectivity index (χ0) is 13.5. The van der Waals surface area contributed by atoms with E-state index in [1.807, 2.05) is 42.1 Å². The Morgan fingerprint density at radius 1 is 1.32 bits per heavy atom. The minimum absolute atomic E-state index is 0.0756. The van der Waals surface area contributed by atoms with Crippen LogP contribution in [0.3, 0.4) is 0 Å². The SMILES string of the molecule is O=C(CC1CCSCC1)NC(CCl)c1ccccc1. The molecule has 4 heteroatoms. The Kier molecular flexibility index (Phi) is 6.05. The van der Waals surface area contributed by atoms with Crippen molar-refractivity contribution < 1.29 is 4.79 Å². The highest BCUT2D eigenvalue weighted by Gasteiger charge is 2.19. The summed E-state index contributed by atoms with van der Waals surface area (Å²) in [6.07, 6.45) is 2.96. The molecule has 1 N–H and O–H groups in total. The maximum Gasteiger partial charge on any atom is 0.220 e. The number of benzene rings is 1. The van der Waals surface area contributed by atoms with Gasteiger partial charge >= 0.3 is 0 Å². The number of hydrogen-bond donors (Lipinski definition) is 1. The highest BCUT2D eigenvalue weighted by atomic mass is 35.5. The van der Waals surface area contributed by atoms with Crippen molar-refractivity contribution >= 4 is 29.3 Å². The highest BCUT2D eigenvalue weighted by Crippen LogP contribution is 2.25. The number of halogens is 1. The van der Waals surface area contributed by atoms with Gasteiger partial charge in [-0.05, 0) is 35.8 Å². The number of nitrogens with one attached hydrogen (secondary N) is 1. The summed E-state index contributed by atoms with van der Waals surface area (Å²) in [6, 6.07) is 9.85. The van der Waals surface area contributed by atoms with Gasteiger partial charge in [-0.15, -0.1) is 11.6 Å². The molecule has 1 aliphatic rings. The number of alkyl halides is 1. The second kappa shape index (κ2) is 7.81. The molecule has 1 aromatic rings. The van der Waals surface area contributed by atoms with Crippen LogP contribution in [0.15, 0.2) is 30.3 Å². The van der Waals surface area contributed by atoms with Crippen LogP contribution in [0.5, 0.6) is 0 Å². The highest BCUT2D eigenvalue weighted by molar-refractivity contribution is 7.99. The lowest BCUT2D eigenvalue weighted by atomic mass is 9.98. The van der Waals surface area contributed by atoms with E-state index in [0.29, 0.717) is 18.2 Å². The summed E-state index contributed by atoms with van der Waals surface area (Å²) >= 11 is 7.96. The Morgan fingerprint density at radius 2 is 2.00 bits per heavy atom. The second-order valence-electron chi connectivity index (χ2n) is 4.94. The first-order chi connectivity index (χ1) is 9.29. The van der Waals surface area contributed by atoms with E-state index >= 15 is 0 Å². The topological polar surface area (TPSA) is 29.1 Å². The van der Waals surface area contributed by atoms with Crippen LogP contribution < -0.4 is 5.32 Å². The van der Waals surface area contributed by atoms with Gasteiger partial charge in [0.25, 0.3) is 0 Å². The predicted molar refractivity (Wildman–Crippen MR) is 82.7 cm³/mol. The Balaban J connectivity index is 1.85. The van der Waals surface area contributed by atoms with Crippen molar-refractivity contribution in [2.45, 2.75) is 25.3 Å². The molecule has 104 valence electrons. The van der Waals surface area contributed by atoms with Gasteiger partial charge in [0.1, 0.15) is 0 Å². The zero-order valence-corrected chi connectivity index (χ0v) is 12.6. The van der Waals surface area contributed by atoms with Crippen LogP contribution in [0.4, 0.5) is 0 Å². The summed E-state index contributed by atoms with van der Waals surface area (Å²) in [7, 11) is 0. The molecule has 1 saturated heterocycles. The first-order valence-corrected chi connectivity index (χ1v) is 8.46. The van der Waals surface area contributed by atoms with E-state index in [4.69, 9.17) is 11.6 Å². The second-order valence-corrected chi connectivity index (χ2v) is 6.48. The first-order valence-electron chi connectivity index (χ1n) is 6.77. The minimum atomic E-state index is -0.0756. The Labute approximate surface area is 124 Å². The number of amides is 1. The fraction of sp³-hybridized carbons (Fsp3) is 0.533. The first kappa shape index (κ1) is 14.7. The number of thioether (sulfide) groups is 1. The summed E-state index contributed by atoms with van der Waals surface area (Å²) in [5, 5.41) is 3.05. The van der Waals surface area contributed by atoms with Crippen molar-refractivity contribution in [3.63, 3.8) is 0 Å². The van der Waals surface area contributed by atoms with E-state index in [1.54, 1.807) is 0 Å². The Bertz CT molecular complexity index is 392. The average molecular weight is 298 g/mol. The van der Waals surface area contributed by atoms with Gasteiger partial charge in [-0.1, -0.05) is 30.3 Å². The molecule has 0 aromatic heterocycles. The molecule has 0 bridgehead atoms. The van der Waals surface area contributed by atoms with E-state index in [0.717, 1.165) is 18.4 Å². The van der Waals surface area contributed by atoms with Crippen LogP contribution in [0, 0.1) is 5.92 Å². The molecular formula is C15H20ClNOS. The molecule has 1 fully saturated rings. The molecule has 1 aromatic carbocycles. The lowest BCUT2D eigenvalue weighted by Crippen LogP contribution is -2.31. The van der Waals surface area contributed by atoms with E-state index in [2.05, 4.69) is 5.32 Å². The quantitative estimate of drug-likeness (QED) is 0.841. The van der Waals surface area contributed by atoms with Crippen molar-refractivity contribution in [1.29, 1.82) is 0 Å². The molecule has 1 unspecified atom stereocenters. The Hall–Kier alpha value is -0.670. The molecule has 1 heterocycles. The standard InChI is InChI=1S/C15H20ClNOS/c16-11-14(13-4-2-1-3-5-13)17-15(18)10-12-6-8-19-9-7-12/h1-5,12,14H,6-11H2,(H,17,18). The number of carbonyl (C=O) groups excluding carboxylic acids is 1. The molecule has 2 rings (SSSR count). The summed E-state index contributed by atoms with van der Waals surface area (Å²) in [5.41, 5.74) is 1.07. The lowest BCUT2D eigenvalue weighted by molar-refractivity contribution is -0.122. The van der Waals surface area contributed by atoms with Gasteiger partial charge in [-0.3, -0.25) is 4.79 Å². The normalized spacial score (nSPS) is 17.9. The molecule has 19 heavy (non-hydrogen) atoms. The van der Waals surface area contributed by atoms with Crippen molar-refractivity contribution in [3.8, 4) is 0 Å². The van der Waals surface area contributed by atoms with E-state index in [9.17, 15) is 4.79 Å².